The molecule has 2 aromatic heterocycles. The van der Waals surface area contributed by atoms with Gasteiger partial charge in [-0.25, -0.2) is 9.48 Å². The Bertz CT molecular complexity index is 1310. The van der Waals surface area contributed by atoms with Gasteiger partial charge < -0.3 is 21.1 Å². The zero-order valence-corrected chi connectivity index (χ0v) is 18.0. The monoisotopic (exact) mass is 460 g/mol. The number of carbonyl (C=O) groups excluding carboxylic acids is 2. The van der Waals surface area contributed by atoms with Crippen molar-refractivity contribution in [3.8, 4) is 0 Å². The minimum absolute atomic E-state index is 0.0209. The highest BCUT2D eigenvalue weighted by atomic mass is 16.5. The van der Waals surface area contributed by atoms with E-state index >= 15 is 0 Å². The zero-order valence-electron chi connectivity index (χ0n) is 18.0. The van der Waals surface area contributed by atoms with Crippen molar-refractivity contribution in [3.63, 3.8) is 0 Å². The molecule has 0 saturated heterocycles. The Kier molecular flexibility index (Phi) is 6.63. The molecule has 2 heterocycles. The van der Waals surface area contributed by atoms with Crippen molar-refractivity contribution in [1.29, 1.82) is 0 Å². The molecule has 13 heteroatoms. The maximum Gasteiger partial charge on any atom is 0.340 e. The predicted octanol–water partition coefficient (Wildman–Crippen LogP) is 1.49. The summed E-state index contributed by atoms with van der Waals surface area (Å²) in [7, 11) is 0. The number of hydrogen-bond donors (Lipinski definition) is 3. The number of nitrogens with zero attached hydrogens (tertiary/aromatic N) is 7. The topological polar surface area (TPSA) is 176 Å². The first-order chi connectivity index (χ1) is 16.5. The Hall–Kier alpha value is -4.94. The number of tetrazole rings is 1. The lowest BCUT2D eigenvalue weighted by atomic mass is 10.2. The van der Waals surface area contributed by atoms with E-state index in [9.17, 15) is 9.59 Å². The smallest absolute Gasteiger partial charge is 0.340 e. The van der Waals surface area contributed by atoms with Crippen molar-refractivity contribution in [2.24, 2.45) is 0 Å². The van der Waals surface area contributed by atoms with E-state index in [4.69, 9.17) is 10.5 Å². The standard InChI is InChI=1S/C21H20N10O3/c1-13-6-2-4-8-15(13)25-21-27-17(26-20(22)28-21)11-34-19(33)14-7-3-5-9-16(14)24-18(32)10-31-12-23-29-30-31/h2-9,12H,10-11H2,1H3,(H,24,32)(H3,22,25,26,27,28). The average Bonchev–Trinajstić information content (AvgIpc) is 3.32. The van der Waals surface area contributed by atoms with E-state index in [1.54, 1.807) is 18.2 Å². The minimum atomic E-state index is -0.675. The van der Waals surface area contributed by atoms with Crippen molar-refractivity contribution >= 4 is 35.1 Å². The van der Waals surface area contributed by atoms with Crippen LogP contribution in [0.1, 0.15) is 21.7 Å². The number of aromatic nitrogens is 7. The van der Waals surface area contributed by atoms with Gasteiger partial charge in [-0.2, -0.15) is 15.0 Å². The number of para-hydroxylation sites is 2. The van der Waals surface area contributed by atoms with Gasteiger partial charge in [-0.05, 0) is 41.1 Å². The molecule has 1 amide bonds. The Balaban J connectivity index is 1.42. The van der Waals surface area contributed by atoms with Crippen molar-refractivity contribution in [3.05, 3.63) is 71.8 Å². The number of aryl methyl sites for hydroxylation is 1. The van der Waals surface area contributed by atoms with E-state index in [-0.39, 0.29) is 42.1 Å². The van der Waals surface area contributed by atoms with Crippen LogP contribution in [-0.2, 0) is 22.7 Å². The number of nitrogens with one attached hydrogen (secondary N) is 2. The van der Waals surface area contributed by atoms with Gasteiger partial charge in [0, 0.05) is 5.69 Å². The first-order valence-corrected chi connectivity index (χ1v) is 10.1. The number of esters is 1. The van der Waals surface area contributed by atoms with E-state index in [1.807, 2.05) is 31.2 Å². The Morgan fingerprint density at radius 2 is 1.79 bits per heavy atom. The lowest BCUT2D eigenvalue weighted by Gasteiger charge is -2.11. The summed E-state index contributed by atoms with van der Waals surface area (Å²) in [6.07, 6.45) is 1.31. The quantitative estimate of drug-likeness (QED) is 0.325. The number of benzene rings is 2. The largest absolute Gasteiger partial charge is 0.454 e. The molecule has 2 aromatic carbocycles. The molecule has 0 aliphatic carbocycles. The molecular formula is C21H20N10O3. The maximum atomic E-state index is 12.7. The van der Waals surface area contributed by atoms with Gasteiger partial charge in [-0.3, -0.25) is 4.79 Å². The number of amides is 1. The van der Waals surface area contributed by atoms with Gasteiger partial charge in [0.1, 0.15) is 12.9 Å². The third kappa shape index (κ3) is 5.64. The molecule has 4 N–H and O–H groups in total. The number of anilines is 4. The molecule has 0 fully saturated rings. The van der Waals surface area contributed by atoms with Crippen LogP contribution in [0.25, 0.3) is 0 Å². The van der Waals surface area contributed by atoms with Gasteiger partial charge in [-0.15, -0.1) is 5.10 Å². The van der Waals surface area contributed by atoms with Gasteiger partial charge >= 0.3 is 5.97 Å². The van der Waals surface area contributed by atoms with Crippen LogP contribution in [-0.4, -0.2) is 47.0 Å². The third-order valence-electron chi connectivity index (χ3n) is 4.54. The summed E-state index contributed by atoms with van der Waals surface area (Å²) in [5, 5.41) is 16.3. The highest BCUT2D eigenvalue weighted by Crippen LogP contribution is 2.19. The van der Waals surface area contributed by atoms with Crippen LogP contribution in [0.2, 0.25) is 0 Å². The molecule has 13 nitrogen and oxygen atoms in total. The van der Waals surface area contributed by atoms with Crippen molar-refractivity contribution < 1.29 is 14.3 Å². The number of rotatable bonds is 8. The van der Waals surface area contributed by atoms with Crippen LogP contribution in [0.5, 0.6) is 0 Å². The fraction of sp³-hybridized carbons (Fsp3) is 0.143. The third-order valence-corrected chi connectivity index (χ3v) is 4.54. The molecule has 0 aliphatic rings. The average molecular weight is 460 g/mol. The molecule has 0 aliphatic heterocycles. The molecule has 0 unspecified atom stereocenters. The van der Waals surface area contributed by atoms with Crippen LogP contribution in [0.15, 0.2) is 54.9 Å². The lowest BCUT2D eigenvalue weighted by Crippen LogP contribution is -2.21. The Labute approximate surface area is 193 Å². The van der Waals surface area contributed by atoms with E-state index in [0.717, 1.165) is 11.3 Å². The molecule has 0 radical (unpaired) electrons. The van der Waals surface area contributed by atoms with Gasteiger partial charge in [-0.1, -0.05) is 30.3 Å². The SMILES string of the molecule is Cc1ccccc1Nc1nc(N)nc(COC(=O)c2ccccc2NC(=O)Cn2cnnn2)n1. The molecule has 172 valence electrons. The minimum Gasteiger partial charge on any atom is -0.454 e. The van der Waals surface area contributed by atoms with E-state index in [2.05, 4.69) is 41.1 Å². The maximum absolute atomic E-state index is 12.7. The van der Waals surface area contributed by atoms with Crippen LogP contribution >= 0.6 is 0 Å². The number of ether oxygens (including phenoxy) is 1. The molecule has 4 aromatic rings. The summed E-state index contributed by atoms with van der Waals surface area (Å²) < 4.78 is 6.62. The Morgan fingerprint density at radius 1 is 1.03 bits per heavy atom. The second kappa shape index (κ2) is 10.1. The van der Waals surface area contributed by atoms with E-state index in [1.165, 1.54) is 17.1 Å². The molecule has 0 atom stereocenters. The molecule has 0 spiro atoms. The van der Waals surface area contributed by atoms with Crippen LogP contribution in [0.3, 0.4) is 0 Å². The van der Waals surface area contributed by atoms with Gasteiger partial charge in [0.15, 0.2) is 12.4 Å². The molecule has 0 bridgehead atoms. The fourth-order valence-corrected chi connectivity index (χ4v) is 2.96. The summed E-state index contributed by atoms with van der Waals surface area (Å²) in [6, 6.07) is 14.1. The second-order valence-corrected chi connectivity index (χ2v) is 7.05. The lowest BCUT2D eigenvalue weighted by molar-refractivity contribution is -0.116. The summed E-state index contributed by atoms with van der Waals surface area (Å²) in [5.41, 5.74) is 8.04. The van der Waals surface area contributed by atoms with Gasteiger partial charge in [0.2, 0.25) is 17.8 Å². The Morgan fingerprint density at radius 3 is 2.56 bits per heavy atom. The number of nitrogen functional groups attached to an aromatic ring is 1. The summed E-state index contributed by atoms with van der Waals surface area (Å²) in [6.45, 7) is 1.58. The summed E-state index contributed by atoms with van der Waals surface area (Å²) in [4.78, 5) is 37.3. The molecule has 0 saturated carbocycles. The highest BCUT2D eigenvalue weighted by molar-refractivity contribution is 6.01. The summed E-state index contributed by atoms with van der Waals surface area (Å²) in [5.74, 6) is -0.719. The van der Waals surface area contributed by atoms with Gasteiger partial charge in [0.05, 0.1) is 11.3 Å². The number of hydrogen-bond acceptors (Lipinski definition) is 11. The van der Waals surface area contributed by atoms with Crippen LogP contribution < -0.4 is 16.4 Å². The fourth-order valence-electron chi connectivity index (χ4n) is 2.96. The van der Waals surface area contributed by atoms with Crippen molar-refractivity contribution in [2.75, 3.05) is 16.4 Å². The van der Waals surface area contributed by atoms with Gasteiger partial charge in [0.25, 0.3) is 0 Å². The van der Waals surface area contributed by atoms with Crippen LogP contribution in [0.4, 0.5) is 23.3 Å². The van der Waals surface area contributed by atoms with Crippen LogP contribution in [0, 0.1) is 6.92 Å². The number of carbonyl (C=O) groups is 2. The number of nitrogens with two attached hydrogens (primary N) is 1. The van der Waals surface area contributed by atoms with Crippen molar-refractivity contribution in [2.45, 2.75) is 20.1 Å². The zero-order chi connectivity index (χ0) is 23.9. The first kappa shape index (κ1) is 22.3. The molecular weight excluding hydrogens is 440 g/mol. The van der Waals surface area contributed by atoms with E-state index < -0.39 is 11.9 Å². The normalized spacial score (nSPS) is 10.5. The van der Waals surface area contributed by atoms with Crippen molar-refractivity contribution in [1.82, 2.24) is 35.2 Å². The molecule has 34 heavy (non-hydrogen) atoms. The molecule has 4 rings (SSSR count). The predicted molar refractivity (Wildman–Crippen MR) is 121 cm³/mol. The first-order valence-electron chi connectivity index (χ1n) is 10.1. The van der Waals surface area contributed by atoms with E-state index in [0.29, 0.717) is 0 Å². The highest BCUT2D eigenvalue weighted by Gasteiger charge is 2.16. The second-order valence-electron chi connectivity index (χ2n) is 7.05. The summed E-state index contributed by atoms with van der Waals surface area (Å²) >= 11 is 0.